The second-order valence-corrected chi connectivity index (χ2v) is 6.88. The molecule has 0 bridgehead atoms. The molecule has 0 radical (unpaired) electrons. The van der Waals surface area contributed by atoms with Crippen LogP contribution in [0.1, 0.15) is 60.3 Å². The highest BCUT2D eigenvalue weighted by Crippen LogP contribution is 2.28. The van der Waals surface area contributed by atoms with Gasteiger partial charge in [0.1, 0.15) is 0 Å². The average molecular weight is 301 g/mol. The van der Waals surface area contributed by atoms with Crippen molar-refractivity contribution in [2.24, 2.45) is 5.92 Å². The number of pyridine rings is 1. The van der Waals surface area contributed by atoms with E-state index in [2.05, 4.69) is 12.2 Å². The van der Waals surface area contributed by atoms with Crippen molar-refractivity contribution in [2.75, 3.05) is 26.2 Å². The van der Waals surface area contributed by atoms with Crippen molar-refractivity contribution in [3.63, 3.8) is 0 Å². The number of piperidine rings is 2. The summed E-state index contributed by atoms with van der Waals surface area (Å²) in [5, 5.41) is 3.39. The molecule has 3 rings (SSSR count). The molecule has 0 aromatic carbocycles. The molecule has 0 atom stereocenters. The average Bonchev–Trinajstić information content (AvgIpc) is 2.56. The van der Waals surface area contributed by atoms with Crippen molar-refractivity contribution in [3.05, 3.63) is 29.1 Å². The number of nitrogens with one attached hydrogen (secondary N) is 1. The highest BCUT2D eigenvalue weighted by molar-refractivity contribution is 5.95. The highest BCUT2D eigenvalue weighted by Gasteiger charge is 2.27. The molecular formula is C18H27N3O. The van der Waals surface area contributed by atoms with Gasteiger partial charge in [-0.2, -0.15) is 0 Å². The predicted octanol–water partition coefficient (Wildman–Crippen LogP) is 2.73. The number of likely N-dealkylation sites (tertiary alicyclic amines) is 1. The van der Waals surface area contributed by atoms with Gasteiger partial charge in [0.05, 0.1) is 11.3 Å². The molecule has 3 heterocycles. The molecule has 1 N–H and O–H groups in total. The van der Waals surface area contributed by atoms with Gasteiger partial charge in [0, 0.05) is 24.7 Å². The third-order valence-electron chi connectivity index (χ3n) is 5.09. The Morgan fingerprint density at radius 2 is 1.86 bits per heavy atom. The minimum Gasteiger partial charge on any atom is -0.339 e. The van der Waals surface area contributed by atoms with Gasteiger partial charge in [-0.15, -0.1) is 0 Å². The number of nitrogens with zero attached hydrogens (tertiary/aromatic N) is 2. The van der Waals surface area contributed by atoms with Crippen LogP contribution in [0.3, 0.4) is 0 Å². The molecular weight excluding hydrogens is 274 g/mol. The van der Waals surface area contributed by atoms with Gasteiger partial charge in [-0.25, -0.2) is 0 Å². The summed E-state index contributed by atoms with van der Waals surface area (Å²) < 4.78 is 0. The number of hydrogen-bond donors (Lipinski definition) is 1. The lowest BCUT2D eigenvalue weighted by atomic mass is 9.90. The van der Waals surface area contributed by atoms with E-state index in [0.717, 1.165) is 74.7 Å². The number of carbonyl (C=O) groups excluding carboxylic acids is 1. The lowest BCUT2D eigenvalue weighted by Gasteiger charge is -2.32. The normalized spacial score (nSPS) is 21.1. The summed E-state index contributed by atoms with van der Waals surface area (Å²) in [5.41, 5.74) is 2.88. The third-order valence-corrected chi connectivity index (χ3v) is 5.09. The standard InChI is InChI=1S/C18H27N3O/c1-13-7-11-21(12-8-13)18(22)16-4-3-14(2)20-17(16)15-5-9-19-10-6-15/h3-4,13,15,19H,5-12H2,1-2H3. The van der Waals surface area contributed by atoms with E-state index in [4.69, 9.17) is 4.98 Å². The van der Waals surface area contributed by atoms with Crippen LogP contribution in [-0.4, -0.2) is 42.0 Å². The van der Waals surface area contributed by atoms with Crippen LogP contribution in [-0.2, 0) is 0 Å². The minimum atomic E-state index is 0.188. The summed E-state index contributed by atoms with van der Waals surface area (Å²) in [4.78, 5) is 19.7. The molecule has 120 valence electrons. The lowest BCUT2D eigenvalue weighted by Crippen LogP contribution is -2.39. The maximum atomic E-state index is 13.0. The fourth-order valence-electron chi connectivity index (χ4n) is 3.55. The van der Waals surface area contributed by atoms with Crippen molar-refractivity contribution in [3.8, 4) is 0 Å². The monoisotopic (exact) mass is 301 g/mol. The molecule has 0 saturated carbocycles. The Morgan fingerprint density at radius 3 is 2.55 bits per heavy atom. The van der Waals surface area contributed by atoms with Gasteiger partial charge in [-0.05, 0) is 63.7 Å². The molecule has 22 heavy (non-hydrogen) atoms. The van der Waals surface area contributed by atoms with Crippen molar-refractivity contribution in [1.82, 2.24) is 15.2 Å². The zero-order valence-corrected chi connectivity index (χ0v) is 13.8. The first-order valence-corrected chi connectivity index (χ1v) is 8.62. The summed E-state index contributed by atoms with van der Waals surface area (Å²) in [5.74, 6) is 1.35. The molecule has 0 spiro atoms. The van der Waals surface area contributed by atoms with E-state index in [1.54, 1.807) is 0 Å². The molecule has 1 aromatic heterocycles. The first kappa shape index (κ1) is 15.5. The van der Waals surface area contributed by atoms with Crippen LogP contribution in [0.5, 0.6) is 0 Å². The molecule has 1 amide bonds. The van der Waals surface area contributed by atoms with Gasteiger partial charge < -0.3 is 10.2 Å². The first-order valence-electron chi connectivity index (χ1n) is 8.62. The van der Waals surface area contributed by atoms with Gasteiger partial charge in [0.15, 0.2) is 0 Å². The second kappa shape index (κ2) is 6.78. The molecule has 2 saturated heterocycles. The zero-order chi connectivity index (χ0) is 15.5. The van der Waals surface area contributed by atoms with Crippen LogP contribution in [0.4, 0.5) is 0 Å². The zero-order valence-electron chi connectivity index (χ0n) is 13.8. The van der Waals surface area contributed by atoms with E-state index in [1.807, 2.05) is 24.0 Å². The van der Waals surface area contributed by atoms with Crippen LogP contribution in [0.2, 0.25) is 0 Å². The molecule has 0 unspecified atom stereocenters. The van der Waals surface area contributed by atoms with E-state index < -0.39 is 0 Å². The molecule has 4 nitrogen and oxygen atoms in total. The topological polar surface area (TPSA) is 45.2 Å². The number of aryl methyl sites for hydroxylation is 1. The second-order valence-electron chi connectivity index (χ2n) is 6.88. The number of rotatable bonds is 2. The first-order chi connectivity index (χ1) is 10.6. The highest BCUT2D eigenvalue weighted by atomic mass is 16.2. The summed E-state index contributed by atoms with van der Waals surface area (Å²) >= 11 is 0. The minimum absolute atomic E-state index is 0.188. The Balaban J connectivity index is 1.84. The Labute approximate surface area is 133 Å². The summed E-state index contributed by atoms with van der Waals surface area (Å²) in [6, 6.07) is 3.98. The molecule has 2 aliphatic rings. The van der Waals surface area contributed by atoms with Crippen molar-refractivity contribution in [2.45, 2.75) is 45.4 Å². The van der Waals surface area contributed by atoms with Crippen molar-refractivity contribution < 1.29 is 4.79 Å². The van der Waals surface area contributed by atoms with Crippen LogP contribution in [0, 0.1) is 12.8 Å². The maximum Gasteiger partial charge on any atom is 0.255 e. The van der Waals surface area contributed by atoms with E-state index in [1.165, 1.54) is 0 Å². The Morgan fingerprint density at radius 1 is 1.18 bits per heavy atom. The van der Waals surface area contributed by atoms with Crippen molar-refractivity contribution >= 4 is 5.91 Å². The van der Waals surface area contributed by atoms with Gasteiger partial charge in [0.25, 0.3) is 5.91 Å². The molecule has 2 fully saturated rings. The van der Waals surface area contributed by atoms with E-state index >= 15 is 0 Å². The SMILES string of the molecule is Cc1ccc(C(=O)N2CCC(C)CC2)c(C2CCNCC2)n1. The smallest absolute Gasteiger partial charge is 0.255 e. The van der Waals surface area contributed by atoms with E-state index in [0.29, 0.717) is 5.92 Å². The lowest BCUT2D eigenvalue weighted by molar-refractivity contribution is 0.0694. The number of hydrogen-bond acceptors (Lipinski definition) is 3. The van der Waals surface area contributed by atoms with Gasteiger partial charge in [-0.3, -0.25) is 9.78 Å². The largest absolute Gasteiger partial charge is 0.339 e. The number of amides is 1. The summed E-state index contributed by atoms with van der Waals surface area (Å²) in [6.45, 7) is 8.11. The molecule has 4 heteroatoms. The van der Waals surface area contributed by atoms with Gasteiger partial charge >= 0.3 is 0 Å². The Hall–Kier alpha value is -1.42. The van der Waals surface area contributed by atoms with Crippen molar-refractivity contribution in [1.29, 1.82) is 0 Å². The predicted molar refractivity (Wildman–Crippen MR) is 88.1 cm³/mol. The van der Waals surface area contributed by atoms with Gasteiger partial charge in [0.2, 0.25) is 0 Å². The van der Waals surface area contributed by atoms with Crippen LogP contribution >= 0.6 is 0 Å². The van der Waals surface area contributed by atoms with E-state index in [-0.39, 0.29) is 5.91 Å². The van der Waals surface area contributed by atoms with Crippen LogP contribution < -0.4 is 5.32 Å². The maximum absolute atomic E-state index is 13.0. The number of aromatic nitrogens is 1. The van der Waals surface area contributed by atoms with E-state index in [9.17, 15) is 4.79 Å². The summed E-state index contributed by atoms with van der Waals surface area (Å²) in [6.07, 6.45) is 4.39. The van der Waals surface area contributed by atoms with Crippen LogP contribution in [0.25, 0.3) is 0 Å². The summed E-state index contributed by atoms with van der Waals surface area (Å²) in [7, 11) is 0. The molecule has 2 aliphatic heterocycles. The third kappa shape index (κ3) is 3.32. The fourth-order valence-corrected chi connectivity index (χ4v) is 3.55. The molecule has 1 aromatic rings. The van der Waals surface area contributed by atoms with Crippen LogP contribution in [0.15, 0.2) is 12.1 Å². The Kier molecular flexibility index (Phi) is 4.77. The number of carbonyl (C=O) groups is 1. The molecule has 0 aliphatic carbocycles. The quantitative estimate of drug-likeness (QED) is 0.913. The van der Waals surface area contributed by atoms with Gasteiger partial charge in [-0.1, -0.05) is 6.92 Å². The Bertz CT molecular complexity index is 529. The fraction of sp³-hybridized carbons (Fsp3) is 0.667.